The van der Waals surface area contributed by atoms with Crippen LogP contribution in [0.1, 0.15) is 15.9 Å². The maximum Gasteiger partial charge on any atom is 0.490 e. The van der Waals surface area contributed by atoms with Gasteiger partial charge in [0.05, 0.1) is 31.1 Å². The molecule has 2 aromatic carbocycles. The number of hydrogen-bond acceptors (Lipinski definition) is 6. The lowest BCUT2D eigenvalue weighted by Gasteiger charge is -2.23. The van der Waals surface area contributed by atoms with Crippen LogP contribution in [0.4, 0.5) is 13.2 Å². The summed E-state index contributed by atoms with van der Waals surface area (Å²) in [7, 11) is 0. The van der Waals surface area contributed by atoms with Gasteiger partial charge in [0.2, 0.25) is 0 Å². The quantitative estimate of drug-likeness (QED) is 0.550. The Morgan fingerprint density at radius 1 is 1.18 bits per heavy atom. The molecule has 1 fully saturated rings. The number of primary amides is 1. The van der Waals surface area contributed by atoms with Crippen LogP contribution in [0, 0.1) is 5.92 Å². The summed E-state index contributed by atoms with van der Waals surface area (Å²) in [5.41, 5.74) is 8.11. The van der Waals surface area contributed by atoms with Crippen LogP contribution in [-0.4, -0.2) is 65.6 Å². The largest absolute Gasteiger partial charge is 0.490 e. The van der Waals surface area contributed by atoms with Crippen LogP contribution in [0.15, 0.2) is 48.7 Å². The molecule has 0 spiro atoms. The SMILES string of the molecule is NC(=O)c1cccc2cn(-c3ccc(CN4CCOCC(COC(=O)C(F)(F)F)C4)cc3)nc12. The molecule has 1 aliphatic heterocycles. The molecule has 1 saturated heterocycles. The van der Waals surface area contributed by atoms with E-state index < -0.39 is 18.1 Å². The summed E-state index contributed by atoms with van der Waals surface area (Å²) in [5, 5.41) is 5.28. The number of halogens is 3. The second-order valence-electron chi connectivity index (χ2n) is 8.12. The van der Waals surface area contributed by atoms with Gasteiger partial charge in [-0.25, -0.2) is 9.48 Å². The third kappa shape index (κ3) is 5.54. The Bertz CT molecular complexity index is 1180. The Kier molecular flexibility index (Phi) is 6.85. The number of aromatic nitrogens is 2. The van der Waals surface area contributed by atoms with E-state index in [-0.39, 0.29) is 19.1 Å². The first-order chi connectivity index (χ1) is 16.2. The van der Waals surface area contributed by atoms with Crippen LogP contribution < -0.4 is 5.73 Å². The zero-order chi connectivity index (χ0) is 24.3. The molecule has 11 heteroatoms. The van der Waals surface area contributed by atoms with Crippen LogP contribution in [0.3, 0.4) is 0 Å². The van der Waals surface area contributed by atoms with Gasteiger partial charge in [0.25, 0.3) is 5.91 Å². The molecule has 1 amide bonds. The third-order valence-corrected chi connectivity index (χ3v) is 5.51. The van der Waals surface area contributed by atoms with E-state index in [9.17, 15) is 22.8 Å². The van der Waals surface area contributed by atoms with Crippen molar-refractivity contribution in [3.05, 3.63) is 59.8 Å². The number of amides is 1. The van der Waals surface area contributed by atoms with E-state index in [1.165, 1.54) is 0 Å². The van der Waals surface area contributed by atoms with Crippen LogP contribution in [-0.2, 0) is 20.8 Å². The van der Waals surface area contributed by atoms with Crippen molar-refractivity contribution in [3.8, 4) is 5.69 Å². The molecular weight excluding hydrogens is 453 g/mol. The predicted molar refractivity (Wildman–Crippen MR) is 116 cm³/mol. The minimum absolute atomic E-state index is 0.223. The summed E-state index contributed by atoms with van der Waals surface area (Å²) in [5.74, 6) is -3.09. The van der Waals surface area contributed by atoms with Crippen molar-refractivity contribution >= 4 is 22.8 Å². The van der Waals surface area contributed by atoms with Crippen molar-refractivity contribution in [1.29, 1.82) is 0 Å². The lowest BCUT2D eigenvalue weighted by Crippen LogP contribution is -2.34. The topological polar surface area (TPSA) is 99.7 Å². The Labute approximate surface area is 193 Å². The van der Waals surface area contributed by atoms with E-state index in [1.807, 2.05) is 36.5 Å². The van der Waals surface area contributed by atoms with Gasteiger partial charge in [-0.3, -0.25) is 9.69 Å². The molecule has 0 bridgehead atoms. The van der Waals surface area contributed by atoms with Crippen LogP contribution in [0.5, 0.6) is 0 Å². The van der Waals surface area contributed by atoms with Crippen LogP contribution in [0.25, 0.3) is 16.6 Å². The summed E-state index contributed by atoms with van der Waals surface area (Å²) < 4.78 is 48.7. The van der Waals surface area contributed by atoms with E-state index >= 15 is 0 Å². The van der Waals surface area contributed by atoms with E-state index in [0.717, 1.165) is 16.6 Å². The molecule has 0 radical (unpaired) electrons. The molecular formula is C23H23F3N4O4. The second-order valence-corrected chi connectivity index (χ2v) is 8.12. The Balaban J connectivity index is 1.41. The fourth-order valence-corrected chi connectivity index (χ4v) is 3.86. The molecule has 2 N–H and O–H groups in total. The first-order valence-corrected chi connectivity index (χ1v) is 10.6. The fraction of sp³-hybridized carbons (Fsp3) is 0.348. The average Bonchev–Trinajstić information content (AvgIpc) is 3.11. The van der Waals surface area contributed by atoms with E-state index in [2.05, 4.69) is 14.7 Å². The molecule has 180 valence electrons. The standard InChI is InChI=1S/C23H23F3N4O4/c24-23(25,26)22(32)34-14-16-11-29(8-9-33-13-16)10-15-4-6-18(7-5-15)30-12-17-2-1-3-19(21(27)31)20(17)28-30/h1-7,12,16H,8-11,13-14H2,(H2,27,31). The normalized spacial score (nSPS) is 17.4. The van der Waals surface area contributed by atoms with E-state index in [4.69, 9.17) is 10.5 Å². The van der Waals surface area contributed by atoms with Gasteiger partial charge < -0.3 is 15.2 Å². The molecule has 4 rings (SSSR count). The smallest absolute Gasteiger partial charge is 0.459 e. The van der Waals surface area contributed by atoms with Gasteiger partial charge in [-0.05, 0) is 23.8 Å². The molecule has 8 nitrogen and oxygen atoms in total. The van der Waals surface area contributed by atoms with Crippen molar-refractivity contribution < 1.29 is 32.2 Å². The van der Waals surface area contributed by atoms with Gasteiger partial charge in [0.1, 0.15) is 5.52 Å². The molecule has 0 aliphatic carbocycles. The Morgan fingerprint density at radius 2 is 1.94 bits per heavy atom. The number of esters is 1. The lowest BCUT2D eigenvalue weighted by molar-refractivity contribution is -0.201. The van der Waals surface area contributed by atoms with Crippen molar-refractivity contribution in [3.63, 3.8) is 0 Å². The number of alkyl halides is 3. The van der Waals surface area contributed by atoms with Gasteiger partial charge in [0, 0.05) is 37.1 Å². The third-order valence-electron chi connectivity index (χ3n) is 5.51. The number of nitrogens with two attached hydrogens (primary N) is 1. The Hall–Kier alpha value is -3.44. The van der Waals surface area contributed by atoms with Crippen LogP contribution in [0.2, 0.25) is 0 Å². The summed E-state index contributed by atoms with van der Waals surface area (Å²) in [6.45, 7) is 1.90. The maximum atomic E-state index is 12.4. The molecule has 1 aromatic heterocycles. The lowest BCUT2D eigenvalue weighted by atomic mass is 10.1. The highest BCUT2D eigenvalue weighted by Crippen LogP contribution is 2.21. The molecule has 3 aromatic rings. The zero-order valence-corrected chi connectivity index (χ0v) is 18.1. The number of fused-ring (bicyclic) bond motifs is 1. The number of carbonyl (C=O) groups excluding carboxylic acids is 2. The minimum Gasteiger partial charge on any atom is -0.459 e. The van der Waals surface area contributed by atoms with E-state index in [0.29, 0.717) is 37.3 Å². The summed E-state index contributed by atoms with van der Waals surface area (Å²) in [6, 6.07) is 12.9. The first-order valence-electron chi connectivity index (χ1n) is 10.6. The predicted octanol–water partition coefficient (Wildman–Crippen LogP) is 2.68. The van der Waals surface area contributed by atoms with Crippen molar-refractivity contribution in [2.75, 3.05) is 32.9 Å². The van der Waals surface area contributed by atoms with Crippen molar-refractivity contribution in [2.45, 2.75) is 12.7 Å². The van der Waals surface area contributed by atoms with Gasteiger partial charge in [-0.2, -0.15) is 18.3 Å². The summed E-state index contributed by atoms with van der Waals surface area (Å²) in [6.07, 6.45) is -3.19. The molecule has 1 unspecified atom stereocenters. The number of hydrogen-bond donors (Lipinski definition) is 1. The van der Waals surface area contributed by atoms with Gasteiger partial charge in [0.15, 0.2) is 0 Å². The van der Waals surface area contributed by atoms with Gasteiger partial charge in [-0.1, -0.05) is 24.3 Å². The highest BCUT2D eigenvalue weighted by molar-refractivity contribution is 6.04. The van der Waals surface area contributed by atoms with Gasteiger partial charge in [-0.15, -0.1) is 0 Å². The number of ether oxygens (including phenoxy) is 2. The van der Waals surface area contributed by atoms with E-state index in [1.54, 1.807) is 16.8 Å². The molecule has 1 atom stereocenters. The highest BCUT2D eigenvalue weighted by atomic mass is 19.4. The monoisotopic (exact) mass is 476 g/mol. The number of nitrogens with zero attached hydrogens (tertiary/aromatic N) is 3. The number of rotatable bonds is 6. The summed E-state index contributed by atoms with van der Waals surface area (Å²) in [4.78, 5) is 24.7. The number of benzene rings is 2. The first kappa shape index (κ1) is 23.7. The van der Waals surface area contributed by atoms with Gasteiger partial charge >= 0.3 is 12.1 Å². The molecule has 1 aliphatic rings. The molecule has 0 saturated carbocycles. The zero-order valence-electron chi connectivity index (χ0n) is 18.1. The van der Waals surface area contributed by atoms with Crippen molar-refractivity contribution in [2.24, 2.45) is 11.7 Å². The number of carbonyl (C=O) groups is 2. The molecule has 2 heterocycles. The highest BCUT2D eigenvalue weighted by Gasteiger charge is 2.41. The fourth-order valence-electron chi connectivity index (χ4n) is 3.86. The van der Waals surface area contributed by atoms with Crippen molar-refractivity contribution in [1.82, 2.24) is 14.7 Å². The molecule has 34 heavy (non-hydrogen) atoms. The minimum atomic E-state index is -5.01. The van der Waals surface area contributed by atoms with Crippen LogP contribution >= 0.6 is 0 Å². The second kappa shape index (κ2) is 9.82. The maximum absolute atomic E-state index is 12.4. The Morgan fingerprint density at radius 3 is 2.65 bits per heavy atom. The summed E-state index contributed by atoms with van der Waals surface area (Å²) >= 11 is 0. The average molecular weight is 476 g/mol.